The van der Waals surface area contributed by atoms with Gasteiger partial charge in [0.2, 0.25) is 0 Å². The minimum Gasteiger partial charge on any atom is -0.330 e. The van der Waals surface area contributed by atoms with Crippen LogP contribution in [0.15, 0.2) is 36.7 Å². The quantitative estimate of drug-likeness (QED) is 0.877. The summed E-state index contributed by atoms with van der Waals surface area (Å²) >= 11 is 0. The SMILES string of the molecule is CCC(N)Cc1nccn1Cc1ccccc1C. The van der Waals surface area contributed by atoms with E-state index >= 15 is 0 Å². The molecule has 1 atom stereocenters. The molecule has 0 aliphatic rings. The first-order valence-electron chi connectivity index (χ1n) is 6.50. The Balaban J connectivity index is 2.15. The lowest BCUT2D eigenvalue weighted by Gasteiger charge is -2.12. The molecule has 1 heterocycles. The fourth-order valence-electron chi connectivity index (χ4n) is 2.02. The van der Waals surface area contributed by atoms with E-state index in [4.69, 9.17) is 5.73 Å². The highest BCUT2D eigenvalue weighted by Crippen LogP contribution is 2.11. The van der Waals surface area contributed by atoms with Crippen LogP contribution in [0.2, 0.25) is 0 Å². The first-order valence-corrected chi connectivity index (χ1v) is 6.50. The molecule has 0 aliphatic heterocycles. The third-order valence-corrected chi connectivity index (χ3v) is 3.37. The van der Waals surface area contributed by atoms with Crippen LogP contribution in [-0.4, -0.2) is 15.6 Å². The van der Waals surface area contributed by atoms with E-state index < -0.39 is 0 Å². The average molecular weight is 243 g/mol. The van der Waals surface area contributed by atoms with Crippen molar-refractivity contribution in [2.75, 3.05) is 0 Å². The van der Waals surface area contributed by atoms with Crippen LogP contribution in [0.5, 0.6) is 0 Å². The highest BCUT2D eigenvalue weighted by molar-refractivity contribution is 5.26. The second-order valence-electron chi connectivity index (χ2n) is 4.77. The summed E-state index contributed by atoms with van der Waals surface area (Å²) < 4.78 is 2.19. The van der Waals surface area contributed by atoms with Crippen molar-refractivity contribution in [3.05, 3.63) is 53.6 Å². The minimum absolute atomic E-state index is 0.197. The number of hydrogen-bond donors (Lipinski definition) is 1. The average Bonchev–Trinajstić information content (AvgIpc) is 2.79. The fourth-order valence-corrected chi connectivity index (χ4v) is 2.02. The largest absolute Gasteiger partial charge is 0.330 e. The maximum atomic E-state index is 6.00. The van der Waals surface area contributed by atoms with E-state index in [1.165, 1.54) is 11.1 Å². The zero-order valence-corrected chi connectivity index (χ0v) is 11.1. The van der Waals surface area contributed by atoms with Gasteiger partial charge in [-0.3, -0.25) is 0 Å². The lowest BCUT2D eigenvalue weighted by Crippen LogP contribution is -2.23. The number of nitrogens with zero attached hydrogens (tertiary/aromatic N) is 2. The molecule has 1 aromatic carbocycles. The van der Waals surface area contributed by atoms with E-state index in [0.717, 1.165) is 25.2 Å². The number of aryl methyl sites for hydroxylation is 1. The molecule has 1 unspecified atom stereocenters. The van der Waals surface area contributed by atoms with E-state index in [2.05, 4.69) is 47.7 Å². The van der Waals surface area contributed by atoms with Gasteiger partial charge >= 0.3 is 0 Å². The predicted molar refractivity (Wildman–Crippen MR) is 74.5 cm³/mol. The highest BCUT2D eigenvalue weighted by Gasteiger charge is 2.08. The van der Waals surface area contributed by atoms with Crippen LogP contribution in [0.1, 0.15) is 30.3 Å². The van der Waals surface area contributed by atoms with Crippen LogP contribution in [0.3, 0.4) is 0 Å². The van der Waals surface area contributed by atoms with Crippen LogP contribution in [0, 0.1) is 6.92 Å². The van der Waals surface area contributed by atoms with Gasteiger partial charge in [0, 0.05) is 31.4 Å². The molecule has 0 spiro atoms. The van der Waals surface area contributed by atoms with Crippen molar-refractivity contribution < 1.29 is 0 Å². The van der Waals surface area contributed by atoms with E-state index in [0.29, 0.717) is 0 Å². The van der Waals surface area contributed by atoms with E-state index in [1.54, 1.807) is 0 Å². The molecule has 3 nitrogen and oxygen atoms in total. The van der Waals surface area contributed by atoms with Crippen LogP contribution in [-0.2, 0) is 13.0 Å². The summed E-state index contributed by atoms with van der Waals surface area (Å²) in [7, 11) is 0. The van der Waals surface area contributed by atoms with Gasteiger partial charge in [-0.05, 0) is 24.5 Å². The van der Waals surface area contributed by atoms with Crippen molar-refractivity contribution in [2.45, 2.75) is 39.3 Å². The first kappa shape index (κ1) is 12.8. The van der Waals surface area contributed by atoms with E-state index in [1.807, 2.05) is 12.4 Å². The van der Waals surface area contributed by atoms with Crippen molar-refractivity contribution in [1.29, 1.82) is 0 Å². The predicted octanol–water partition coefficient (Wildman–Crippen LogP) is 2.52. The molecule has 1 aromatic heterocycles. The summed E-state index contributed by atoms with van der Waals surface area (Å²) in [5.41, 5.74) is 8.65. The van der Waals surface area contributed by atoms with Crippen molar-refractivity contribution in [1.82, 2.24) is 9.55 Å². The fraction of sp³-hybridized carbons (Fsp3) is 0.400. The molecule has 18 heavy (non-hydrogen) atoms. The maximum absolute atomic E-state index is 6.00. The van der Waals surface area contributed by atoms with Gasteiger partial charge in [-0.25, -0.2) is 4.98 Å². The van der Waals surface area contributed by atoms with E-state index in [-0.39, 0.29) is 6.04 Å². The van der Waals surface area contributed by atoms with Crippen molar-refractivity contribution in [3.8, 4) is 0 Å². The third-order valence-electron chi connectivity index (χ3n) is 3.37. The number of aromatic nitrogens is 2. The van der Waals surface area contributed by atoms with Crippen molar-refractivity contribution >= 4 is 0 Å². The first-order chi connectivity index (χ1) is 8.70. The standard InChI is InChI=1S/C15H21N3/c1-3-14(16)10-15-17-8-9-18(15)11-13-7-5-4-6-12(13)2/h4-9,14H,3,10-11,16H2,1-2H3. The normalized spacial score (nSPS) is 12.6. The van der Waals surface area contributed by atoms with Crippen LogP contribution >= 0.6 is 0 Å². The molecule has 0 fully saturated rings. The third kappa shape index (κ3) is 2.99. The molecule has 0 saturated heterocycles. The Morgan fingerprint density at radius 2 is 2.11 bits per heavy atom. The smallest absolute Gasteiger partial charge is 0.110 e. The number of nitrogens with two attached hydrogens (primary N) is 1. The van der Waals surface area contributed by atoms with Crippen molar-refractivity contribution in [3.63, 3.8) is 0 Å². The Kier molecular flexibility index (Phi) is 4.15. The Hall–Kier alpha value is -1.61. The maximum Gasteiger partial charge on any atom is 0.110 e. The van der Waals surface area contributed by atoms with Crippen LogP contribution in [0.4, 0.5) is 0 Å². The molecule has 2 N–H and O–H groups in total. The zero-order chi connectivity index (χ0) is 13.0. The van der Waals surface area contributed by atoms with Crippen LogP contribution < -0.4 is 5.73 Å². The van der Waals surface area contributed by atoms with Crippen molar-refractivity contribution in [2.24, 2.45) is 5.73 Å². The monoisotopic (exact) mass is 243 g/mol. The lowest BCUT2D eigenvalue weighted by molar-refractivity contribution is 0.597. The lowest BCUT2D eigenvalue weighted by atomic mass is 10.1. The molecule has 0 saturated carbocycles. The van der Waals surface area contributed by atoms with Gasteiger partial charge in [0.25, 0.3) is 0 Å². The molecule has 0 aliphatic carbocycles. The molecular weight excluding hydrogens is 222 g/mol. The zero-order valence-electron chi connectivity index (χ0n) is 11.1. The summed E-state index contributed by atoms with van der Waals surface area (Å²) in [4.78, 5) is 4.41. The summed E-state index contributed by atoms with van der Waals surface area (Å²) in [6, 6.07) is 8.66. The van der Waals surface area contributed by atoms with E-state index in [9.17, 15) is 0 Å². The topological polar surface area (TPSA) is 43.8 Å². The Bertz CT molecular complexity index is 502. The summed E-state index contributed by atoms with van der Waals surface area (Å²) in [5.74, 6) is 1.08. The van der Waals surface area contributed by atoms with Gasteiger partial charge in [-0.1, -0.05) is 31.2 Å². The summed E-state index contributed by atoms with van der Waals surface area (Å²) in [6.45, 7) is 5.13. The Morgan fingerprint density at radius 1 is 1.33 bits per heavy atom. The summed E-state index contributed by atoms with van der Waals surface area (Å²) in [5, 5.41) is 0. The highest BCUT2D eigenvalue weighted by atomic mass is 15.1. The minimum atomic E-state index is 0.197. The molecule has 2 rings (SSSR count). The Labute approximate surface area is 109 Å². The second-order valence-corrected chi connectivity index (χ2v) is 4.77. The second kappa shape index (κ2) is 5.83. The molecule has 3 heteroatoms. The number of hydrogen-bond acceptors (Lipinski definition) is 2. The number of benzene rings is 1. The molecular formula is C15H21N3. The van der Waals surface area contributed by atoms with Gasteiger partial charge in [0.1, 0.15) is 5.82 Å². The number of rotatable bonds is 5. The molecule has 0 bridgehead atoms. The molecule has 0 radical (unpaired) electrons. The van der Waals surface area contributed by atoms with Gasteiger partial charge in [-0.2, -0.15) is 0 Å². The molecule has 2 aromatic rings. The van der Waals surface area contributed by atoms with Crippen LogP contribution in [0.25, 0.3) is 0 Å². The van der Waals surface area contributed by atoms with Gasteiger partial charge < -0.3 is 10.3 Å². The van der Waals surface area contributed by atoms with Gasteiger partial charge in [-0.15, -0.1) is 0 Å². The number of imidazole rings is 1. The van der Waals surface area contributed by atoms with Gasteiger partial charge in [0.05, 0.1) is 0 Å². The molecule has 96 valence electrons. The summed E-state index contributed by atoms with van der Waals surface area (Å²) in [6.07, 6.45) is 5.72. The van der Waals surface area contributed by atoms with Gasteiger partial charge in [0.15, 0.2) is 0 Å². The molecule has 0 amide bonds. The Morgan fingerprint density at radius 3 is 2.83 bits per heavy atom.